The van der Waals surface area contributed by atoms with E-state index in [0.717, 1.165) is 42.7 Å². The first-order valence-corrected chi connectivity index (χ1v) is 8.74. The minimum absolute atomic E-state index is 0.836. The summed E-state index contributed by atoms with van der Waals surface area (Å²) in [6, 6.07) is 0. The van der Waals surface area contributed by atoms with Gasteiger partial charge in [-0.05, 0) is 20.3 Å². The molecule has 6 heteroatoms. The van der Waals surface area contributed by atoms with E-state index < -0.39 is 0 Å². The van der Waals surface area contributed by atoms with Crippen molar-refractivity contribution in [3.63, 3.8) is 0 Å². The zero-order valence-corrected chi connectivity index (χ0v) is 14.0. The van der Waals surface area contributed by atoms with Gasteiger partial charge in [-0.15, -0.1) is 22.7 Å². The van der Waals surface area contributed by atoms with Crippen LogP contribution in [0.1, 0.15) is 35.5 Å². The van der Waals surface area contributed by atoms with Gasteiger partial charge in [0.15, 0.2) is 5.13 Å². The molecule has 2 aromatic rings. The third-order valence-electron chi connectivity index (χ3n) is 3.10. The first-order valence-electron chi connectivity index (χ1n) is 7.10. The van der Waals surface area contributed by atoms with Crippen LogP contribution in [0.15, 0.2) is 12.4 Å². The molecule has 0 unspecified atom stereocenters. The Bertz CT molecular complexity index is 517. The van der Waals surface area contributed by atoms with Gasteiger partial charge in [0.1, 0.15) is 5.01 Å². The highest BCUT2D eigenvalue weighted by molar-refractivity contribution is 7.15. The van der Waals surface area contributed by atoms with Crippen LogP contribution in [0.3, 0.4) is 0 Å². The van der Waals surface area contributed by atoms with Crippen LogP contribution in [0.25, 0.3) is 0 Å². The Balaban J connectivity index is 1.82. The van der Waals surface area contributed by atoms with Crippen molar-refractivity contribution in [2.45, 2.75) is 40.3 Å². The summed E-state index contributed by atoms with van der Waals surface area (Å²) in [5, 5.41) is 5.73. The molecule has 20 heavy (non-hydrogen) atoms. The van der Waals surface area contributed by atoms with Gasteiger partial charge in [-0.2, -0.15) is 0 Å². The van der Waals surface area contributed by atoms with Gasteiger partial charge in [0.25, 0.3) is 0 Å². The van der Waals surface area contributed by atoms with E-state index in [-0.39, 0.29) is 0 Å². The fourth-order valence-electron chi connectivity index (χ4n) is 1.91. The molecular formula is C14H22N4S2. The lowest BCUT2D eigenvalue weighted by Crippen LogP contribution is -2.21. The first-order chi connectivity index (χ1) is 9.76. The number of anilines is 1. The van der Waals surface area contributed by atoms with Gasteiger partial charge in [-0.1, -0.05) is 6.92 Å². The predicted molar refractivity (Wildman–Crippen MR) is 87.7 cm³/mol. The number of nitrogens with one attached hydrogen (secondary N) is 1. The third-order valence-corrected chi connectivity index (χ3v) is 5.30. The molecule has 0 saturated carbocycles. The van der Waals surface area contributed by atoms with E-state index in [1.807, 2.05) is 12.4 Å². The van der Waals surface area contributed by atoms with Crippen molar-refractivity contribution >= 4 is 27.8 Å². The van der Waals surface area contributed by atoms with Crippen molar-refractivity contribution in [2.75, 3.05) is 18.0 Å². The molecule has 0 saturated heterocycles. The number of aromatic nitrogens is 2. The van der Waals surface area contributed by atoms with Crippen LogP contribution >= 0.6 is 22.7 Å². The van der Waals surface area contributed by atoms with Gasteiger partial charge >= 0.3 is 0 Å². The number of hydrogen-bond acceptors (Lipinski definition) is 6. The van der Waals surface area contributed by atoms with Gasteiger partial charge in [-0.25, -0.2) is 9.97 Å². The number of thiazole rings is 2. The van der Waals surface area contributed by atoms with Crippen LogP contribution in [-0.2, 0) is 19.5 Å². The van der Waals surface area contributed by atoms with E-state index in [4.69, 9.17) is 0 Å². The zero-order chi connectivity index (χ0) is 14.4. The molecule has 0 radical (unpaired) electrons. The van der Waals surface area contributed by atoms with Crippen LogP contribution in [0.5, 0.6) is 0 Å². The Morgan fingerprint density at radius 1 is 1.00 bits per heavy atom. The largest absolute Gasteiger partial charge is 0.349 e. The smallest absolute Gasteiger partial charge is 0.185 e. The van der Waals surface area contributed by atoms with Gasteiger partial charge in [0.05, 0.1) is 0 Å². The molecule has 0 bridgehead atoms. The molecule has 0 amide bonds. The van der Waals surface area contributed by atoms with Crippen molar-refractivity contribution in [3.05, 3.63) is 27.2 Å². The SMILES string of the molecule is CCc1cnc(CNCc2cnc(N(CC)CC)s2)s1. The highest BCUT2D eigenvalue weighted by Gasteiger charge is 2.07. The molecular weight excluding hydrogens is 288 g/mol. The van der Waals surface area contributed by atoms with Gasteiger partial charge in [-0.3, -0.25) is 0 Å². The van der Waals surface area contributed by atoms with E-state index in [1.54, 1.807) is 22.7 Å². The summed E-state index contributed by atoms with van der Waals surface area (Å²) < 4.78 is 0. The zero-order valence-electron chi connectivity index (χ0n) is 12.3. The highest BCUT2D eigenvalue weighted by Crippen LogP contribution is 2.22. The second kappa shape index (κ2) is 7.71. The summed E-state index contributed by atoms with van der Waals surface area (Å²) >= 11 is 3.56. The summed E-state index contributed by atoms with van der Waals surface area (Å²) in [5.41, 5.74) is 0. The van der Waals surface area contributed by atoms with Crippen molar-refractivity contribution < 1.29 is 0 Å². The van der Waals surface area contributed by atoms with E-state index in [2.05, 4.69) is 41.0 Å². The Morgan fingerprint density at radius 2 is 1.75 bits per heavy atom. The molecule has 0 aliphatic rings. The molecule has 0 atom stereocenters. The number of hydrogen-bond donors (Lipinski definition) is 1. The van der Waals surface area contributed by atoms with Crippen LogP contribution in [0.4, 0.5) is 5.13 Å². The molecule has 0 aliphatic carbocycles. The van der Waals surface area contributed by atoms with Crippen LogP contribution in [-0.4, -0.2) is 23.1 Å². The topological polar surface area (TPSA) is 41.1 Å². The lowest BCUT2D eigenvalue weighted by molar-refractivity contribution is 0.696. The Hall–Kier alpha value is -0.980. The van der Waals surface area contributed by atoms with Crippen LogP contribution in [0.2, 0.25) is 0 Å². The minimum atomic E-state index is 0.836. The first kappa shape index (κ1) is 15.4. The predicted octanol–water partition coefficient (Wildman–Crippen LogP) is 3.30. The average molecular weight is 310 g/mol. The van der Waals surface area contributed by atoms with Gasteiger partial charge in [0, 0.05) is 48.3 Å². The van der Waals surface area contributed by atoms with E-state index >= 15 is 0 Å². The molecule has 0 spiro atoms. The molecule has 0 aliphatic heterocycles. The van der Waals surface area contributed by atoms with E-state index in [1.165, 1.54) is 9.75 Å². The summed E-state index contributed by atoms with van der Waals surface area (Å²) in [7, 11) is 0. The molecule has 1 N–H and O–H groups in total. The van der Waals surface area contributed by atoms with Gasteiger partial charge in [0.2, 0.25) is 0 Å². The summed E-state index contributed by atoms with van der Waals surface area (Å²) in [6.07, 6.45) is 5.03. The van der Waals surface area contributed by atoms with Gasteiger partial charge < -0.3 is 10.2 Å². The maximum absolute atomic E-state index is 4.49. The second-order valence-electron chi connectivity index (χ2n) is 4.46. The van der Waals surface area contributed by atoms with Crippen LogP contribution < -0.4 is 10.2 Å². The van der Waals surface area contributed by atoms with E-state index in [9.17, 15) is 0 Å². The summed E-state index contributed by atoms with van der Waals surface area (Å²) in [5.74, 6) is 0. The van der Waals surface area contributed by atoms with E-state index in [0.29, 0.717) is 0 Å². The maximum atomic E-state index is 4.49. The molecule has 2 heterocycles. The Kier molecular flexibility index (Phi) is 5.94. The normalized spacial score (nSPS) is 10.9. The molecule has 0 fully saturated rings. The second-order valence-corrected chi connectivity index (χ2v) is 6.75. The molecule has 2 aromatic heterocycles. The third kappa shape index (κ3) is 4.01. The lowest BCUT2D eigenvalue weighted by Gasteiger charge is -2.16. The highest BCUT2D eigenvalue weighted by atomic mass is 32.1. The molecule has 110 valence electrons. The number of nitrogens with zero attached hydrogens (tertiary/aromatic N) is 3. The molecule has 4 nitrogen and oxygen atoms in total. The lowest BCUT2D eigenvalue weighted by atomic mass is 10.4. The van der Waals surface area contributed by atoms with Crippen molar-refractivity contribution in [1.82, 2.24) is 15.3 Å². The van der Waals surface area contributed by atoms with Crippen molar-refractivity contribution in [2.24, 2.45) is 0 Å². The minimum Gasteiger partial charge on any atom is -0.349 e. The fourth-order valence-corrected chi connectivity index (χ4v) is 3.74. The quantitative estimate of drug-likeness (QED) is 0.812. The fraction of sp³-hybridized carbons (Fsp3) is 0.571. The summed E-state index contributed by atoms with van der Waals surface area (Å²) in [6.45, 7) is 10.2. The van der Waals surface area contributed by atoms with Crippen molar-refractivity contribution in [3.8, 4) is 0 Å². The molecule has 0 aromatic carbocycles. The average Bonchev–Trinajstić information content (AvgIpc) is 3.10. The standard InChI is InChI=1S/C14H22N4S2/c1-4-11-8-16-13(19-11)10-15-7-12-9-17-14(20-12)18(5-2)6-3/h8-9,15H,4-7,10H2,1-3H3. The maximum Gasteiger partial charge on any atom is 0.185 e. The van der Waals surface area contributed by atoms with Crippen molar-refractivity contribution in [1.29, 1.82) is 0 Å². The number of aryl methyl sites for hydroxylation is 1. The molecule has 2 rings (SSSR count). The summed E-state index contributed by atoms with van der Waals surface area (Å²) in [4.78, 5) is 13.8. The Morgan fingerprint density at radius 3 is 2.40 bits per heavy atom. The monoisotopic (exact) mass is 310 g/mol. The van der Waals surface area contributed by atoms with Crippen LogP contribution in [0, 0.1) is 0 Å². The Labute approximate surface area is 128 Å². The number of rotatable bonds is 8.